The van der Waals surface area contributed by atoms with E-state index in [0.29, 0.717) is 17.3 Å². The average Bonchev–Trinajstić information content (AvgIpc) is 2.68. The maximum absolute atomic E-state index is 12.9. The number of carbonyl (C=O) groups excluding carboxylic acids is 2. The quantitative estimate of drug-likeness (QED) is 0.690. The van der Waals surface area contributed by atoms with Gasteiger partial charge < -0.3 is 15.0 Å². The highest BCUT2D eigenvalue weighted by atomic mass is 35.5. The van der Waals surface area contributed by atoms with Gasteiger partial charge in [-0.1, -0.05) is 42.8 Å². The van der Waals surface area contributed by atoms with E-state index in [0.717, 1.165) is 17.5 Å². The number of benzene rings is 2. The molecule has 0 aliphatic heterocycles. The predicted octanol–water partition coefficient (Wildman–Crippen LogP) is 3.97. The lowest BCUT2D eigenvalue weighted by Crippen LogP contribution is -2.49. The molecule has 0 radical (unpaired) electrons. The van der Waals surface area contributed by atoms with E-state index in [-0.39, 0.29) is 25.0 Å². The summed E-state index contributed by atoms with van der Waals surface area (Å²) in [4.78, 5) is 26.9. The highest BCUT2D eigenvalue weighted by molar-refractivity contribution is 6.30. The Morgan fingerprint density at radius 1 is 1.18 bits per heavy atom. The molecule has 0 spiro atoms. The zero-order chi connectivity index (χ0) is 20.5. The van der Waals surface area contributed by atoms with Crippen LogP contribution in [0.4, 0.5) is 0 Å². The number of carbonyl (C=O) groups is 2. The molecule has 2 aromatic carbocycles. The minimum atomic E-state index is -0.626. The van der Waals surface area contributed by atoms with Crippen LogP contribution in [0.5, 0.6) is 5.75 Å². The summed E-state index contributed by atoms with van der Waals surface area (Å²) < 4.78 is 5.65. The maximum atomic E-state index is 12.9. The van der Waals surface area contributed by atoms with Crippen LogP contribution in [0, 0.1) is 6.92 Å². The standard InChI is InChI=1S/C22H27ClN2O3/c1-4-11-24-22(27)17(3)25(14-18-8-6-9-19(23)13-18)21(26)15-28-20-10-5-7-16(2)12-20/h5-10,12-13,17H,4,11,14-15H2,1-3H3,(H,24,27)/t17-/m1/s1. The first-order valence-electron chi connectivity index (χ1n) is 9.41. The topological polar surface area (TPSA) is 58.6 Å². The van der Waals surface area contributed by atoms with E-state index in [1.165, 1.54) is 4.90 Å². The molecular weight excluding hydrogens is 376 g/mol. The molecule has 0 aliphatic rings. The number of hydrogen-bond donors (Lipinski definition) is 1. The number of nitrogens with zero attached hydrogens (tertiary/aromatic N) is 1. The second kappa shape index (κ2) is 10.7. The van der Waals surface area contributed by atoms with Gasteiger partial charge in [0.05, 0.1) is 0 Å². The number of nitrogens with one attached hydrogen (secondary N) is 1. The average molecular weight is 403 g/mol. The summed E-state index contributed by atoms with van der Waals surface area (Å²) in [5, 5.41) is 3.43. The highest BCUT2D eigenvalue weighted by Gasteiger charge is 2.26. The van der Waals surface area contributed by atoms with E-state index < -0.39 is 6.04 Å². The zero-order valence-electron chi connectivity index (χ0n) is 16.6. The first-order chi connectivity index (χ1) is 13.4. The second-order valence-electron chi connectivity index (χ2n) is 6.72. The van der Waals surface area contributed by atoms with E-state index in [9.17, 15) is 9.59 Å². The summed E-state index contributed by atoms with van der Waals surface area (Å²) in [5.41, 5.74) is 1.90. The second-order valence-corrected chi connectivity index (χ2v) is 7.16. The van der Waals surface area contributed by atoms with Crippen LogP contribution < -0.4 is 10.1 Å². The molecule has 1 atom stereocenters. The summed E-state index contributed by atoms with van der Waals surface area (Å²) in [6.07, 6.45) is 0.831. The van der Waals surface area contributed by atoms with Gasteiger partial charge in [0, 0.05) is 18.1 Å². The zero-order valence-corrected chi connectivity index (χ0v) is 17.3. The van der Waals surface area contributed by atoms with E-state index in [4.69, 9.17) is 16.3 Å². The van der Waals surface area contributed by atoms with Crippen molar-refractivity contribution in [1.29, 1.82) is 0 Å². The number of halogens is 1. The Bertz CT molecular complexity index is 810. The lowest BCUT2D eigenvalue weighted by Gasteiger charge is -2.28. The first kappa shape index (κ1) is 21.8. The predicted molar refractivity (Wildman–Crippen MR) is 111 cm³/mol. The number of hydrogen-bond acceptors (Lipinski definition) is 3. The summed E-state index contributed by atoms with van der Waals surface area (Å²) >= 11 is 6.07. The Balaban J connectivity index is 2.13. The van der Waals surface area contributed by atoms with Crippen molar-refractivity contribution in [3.63, 3.8) is 0 Å². The Hall–Kier alpha value is -2.53. The van der Waals surface area contributed by atoms with E-state index in [1.54, 1.807) is 25.1 Å². The summed E-state index contributed by atoms with van der Waals surface area (Å²) in [6, 6.07) is 14.1. The Morgan fingerprint density at radius 2 is 1.93 bits per heavy atom. The van der Waals surface area contributed by atoms with Crippen LogP contribution >= 0.6 is 11.6 Å². The molecule has 0 aromatic heterocycles. The van der Waals surface area contributed by atoms with Gasteiger partial charge in [-0.15, -0.1) is 0 Å². The summed E-state index contributed by atoms with van der Waals surface area (Å²) in [6.45, 7) is 6.37. The number of ether oxygens (including phenoxy) is 1. The van der Waals surface area contributed by atoms with Gasteiger partial charge in [-0.25, -0.2) is 0 Å². The molecule has 0 saturated carbocycles. The van der Waals surface area contributed by atoms with E-state index in [2.05, 4.69) is 5.32 Å². The highest BCUT2D eigenvalue weighted by Crippen LogP contribution is 2.16. The number of amides is 2. The van der Waals surface area contributed by atoms with Crippen LogP contribution in [0.15, 0.2) is 48.5 Å². The van der Waals surface area contributed by atoms with Crippen molar-refractivity contribution in [2.75, 3.05) is 13.2 Å². The molecule has 6 heteroatoms. The summed E-state index contributed by atoms with van der Waals surface area (Å²) in [5.74, 6) is 0.174. The van der Waals surface area contributed by atoms with Crippen LogP contribution in [0.2, 0.25) is 5.02 Å². The van der Waals surface area contributed by atoms with Crippen molar-refractivity contribution >= 4 is 23.4 Å². The van der Waals surface area contributed by atoms with Gasteiger partial charge in [0.2, 0.25) is 5.91 Å². The first-order valence-corrected chi connectivity index (χ1v) is 9.79. The lowest BCUT2D eigenvalue weighted by atomic mass is 10.1. The lowest BCUT2D eigenvalue weighted by molar-refractivity contribution is -0.142. The SMILES string of the molecule is CCCNC(=O)[C@@H](C)N(Cc1cccc(Cl)c1)C(=O)COc1cccc(C)c1. The molecule has 0 fully saturated rings. The monoisotopic (exact) mass is 402 g/mol. The Kier molecular flexibility index (Phi) is 8.33. The van der Waals surface area contributed by atoms with Gasteiger partial charge >= 0.3 is 0 Å². The van der Waals surface area contributed by atoms with Crippen LogP contribution in [-0.4, -0.2) is 35.9 Å². The van der Waals surface area contributed by atoms with Gasteiger partial charge in [-0.05, 0) is 55.7 Å². The van der Waals surface area contributed by atoms with Gasteiger partial charge in [0.25, 0.3) is 5.91 Å². The van der Waals surface area contributed by atoms with Gasteiger partial charge in [-0.3, -0.25) is 9.59 Å². The molecule has 0 bridgehead atoms. The van der Waals surface area contributed by atoms with Crippen molar-refractivity contribution in [2.45, 2.75) is 39.8 Å². The van der Waals surface area contributed by atoms with Crippen LogP contribution in [0.3, 0.4) is 0 Å². The molecule has 5 nitrogen and oxygen atoms in total. The largest absolute Gasteiger partial charge is 0.484 e. The van der Waals surface area contributed by atoms with Crippen molar-refractivity contribution in [1.82, 2.24) is 10.2 Å². The molecule has 28 heavy (non-hydrogen) atoms. The summed E-state index contributed by atoms with van der Waals surface area (Å²) in [7, 11) is 0. The molecule has 0 unspecified atom stereocenters. The Labute approximate surface area is 171 Å². The van der Waals surface area contributed by atoms with Crippen LogP contribution in [0.1, 0.15) is 31.4 Å². The molecular formula is C22H27ClN2O3. The fraction of sp³-hybridized carbons (Fsp3) is 0.364. The molecule has 0 saturated heterocycles. The van der Waals surface area contributed by atoms with Crippen LogP contribution in [-0.2, 0) is 16.1 Å². The number of aryl methyl sites for hydroxylation is 1. The normalized spacial score (nSPS) is 11.6. The van der Waals surface area contributed by atoms with Gasteiger partial charge in [0.1, 0.15) is 11.8 Å². The van der Waals surface area contributed by atoms with Crippen molar-refractivity contribution < 1.29 is 14.3 Å². The fourth-order valence-electron chi connectivity index (χ4n) is 2.74. The third kappa shape index (κ3) is 6.57. The van der Waals surface area contributed by atoms with Crippen molar-refractivity contribution in [3.8, 4) is 5.75 Å². The molecule has 150 valence electrons. The molecule has 0 aliphatic carbocycles. The van der Waals surface area contributed by atoms with Gasteiger partial charge in [0.15, 0.2) is 6.61 Å². The smallest absolute Gasteiger partial charge is 0.261 e. The maximum Gasteiger partial charge on any atom is 0.261 e. The Morgan fingerprint density at radius 3 is 2.61 bits per heavy atom. The third-order valence-electron chi connectivity index (χ3n) is 4.31. The van der Waals surface area contributed by atoms with E-state index in [1.807, 2.05) is 44.2 Å². The third-order valence-corrected chi connectivity index (χ3v) is 4.55. The molecule has 2 amide bonds. The molecule has 0 heterocycles. The molecule has 2 rings (SSSR count). The number of rotatable bonds is 9. The van der Waals surface area contributed by atoms with E-state index >= 15 is 0 Å². The van der Waals surface area contributed by atoms with Crippen molar-refractivity contribution in [2.24, 2.45) is 0 Å². The minimum absolute atomic E-state index is 0.143. The molecule has 2 aromatic rings. The minimum Gasteiger partial charge on any atom is -0.484 e. The molecule has 1 N–H and O–H groups in total. The fourth-order valence-corrected chi connectivity index (χ4v) is 2.96. The van der Waals surface area contributed by atoms with Gasteiger partial charge in [-0.2, -0.15) is 0 Å². The van der Waals surface area contributed by atoms with Crippen LogP contribution in [0.25, 0.3) is 0 Å². The van der Waals surface area contributed by atoms with Crippen molar-refractivity contribution in [3.05, 3.63) is 64.7 Å².